The number of rotatable bonds is 5. The van der Waals surface area contributed by atoms with E-state index in [0.29, 0.717) is 5.56 Å². The zero-order chi connectivity index (χ0) is 12.0. The van der Waals surface area contributed by atoms with Crippen LogP contribution < -0.4 is 0 Å². The van der Waals surface area contributed by atoms with E-state index in [4.69, 9.17) is 14.2 Å². The highest BCUT2D eigenvalue weighted by atomic mass is 79.9. The number of carbonyl (C=O) groups excluding carboxylic acids is 1. The van der Waals surface area contributed by atoms with Gasteiger partial charge in [-0.2, -0.15) is 0 Å². The zero-order valence-electron chi connectivity index (χ0n) is 9.05. The summed E-state index contributed by atoms with van der Waals surface area (Å²) in [6, 6.07) is 8.72. The molecular weight excluding hydrogens is 276 g/mol. The van der Waals surface area contributed by atoms with E-state index in [1.54, 1.807) is 24.3 Å². The van der Waals surface area contributed by atoms with Crippen LogP contribution in [0.4, 0.5) is 0 Å². The second-order valence-corrected chi connectivity index (χ2v) is 3.86. The van der Waals surface area contributed by atoms with E-state index in [2.05, 4.69) is 15.9 Å². The van der Waals surface area contributed by atoms with Crippen LogP contribution in [-0.2, 0) is 14.2 Å². The third-order valence-electron chi connectivity index (χ3n) is 1.91. The van der Waals surface area contributed by atoms with Crippen LogP contribution in [0.3, 0.4) is 0 Å². The fraction of sp³-hybridized carbons (Fsp3) is 0.364. The molecule has 1 aromatic rings. The highest BCUT2D eigenvalue weighted by Crippen LogP contribution is 2.14. The second-order valence-electron chi connectivity index (χ2n) is 2.96. The molecule has 4 nitrogen and oxygen atoms in total. The van der Waals surface area contributed by atoms with E-state index in [9.17, 15) is 4.79 Å². The van der Waals surface area contributed by atoms with Crippen molar-refractivity contribution in [2.45, 2.75) is 11.3 Å². The molecule has 16 heavy (non-hydrogen) atoms. The summed E-state index contributed by atoms with van der Waals surface area (Å²) < 4.78 is 15.0. The van der Waals surface area contributed by atoms with Gasteiger partial charge in [-0.25, -0.2) is 4.79 Å². The molecule has 0 heterocycles. The Balaban J connectivity index is 2.58. The minimum absolute atomic E-state index is 0.429. The normalized spacial score (nSPS) is 12.5. The minimum atomic E-state index is -0.643. The first-order chi connectivity index (χ1) is 7.69. The van der Waals surface area contributed by atoms with Crippen molar-refractivity contribution < 1.29 is 19.0 Å². The molecule has 88 valence electrons. The zero-order valence-corrected chi connectivity index (χ0v) is 10.6. The third kappa shape index (κ3) is 3.59. The summed E-state index contributed by atoms with van der Waals surface area (Å²) in [6.07, 6.45) is -0.632. The molecule has 1 atom stereocenters. The number of carbonyl (C=O) groups is 1. The Morgan fingerprint density at radius 3 is 2.25 bits per heavy atom. The maximum Gasteiger partial charge on any atom is 0.339 e. The molecule has 5 heteroatoms. The van der Waals surface area contributed by atoms with E-state index >= 15 is 0 Å². The molecule has 1 aromatic carbocycles. The molecule has 0 aliphatic rings. The van der Waals surface area contributed by atoms with Crippen molar-refractivity contribution in [2.75, 3.05) is 14.2 Å². The van der Waals surface area contributed by atoms with Gasteiger partial charge in [-0.3, -0.25) is 0 Å². The van der Waals surface area contributed by atoms with Crippen LogP contribution in [0.25, 0.3) is 0 Å². The fourth-order valence-electron chi connectivity index (χ4n) is 1.11. The summed E-state index contributed by atoms with van der Waals surface area (Å²) in [7, 11) is 2.94. The Morgan fingerprint density at radius 1 is 1.19 bits per heavy atom. The fourth-order valence-corrected chi connectivity index (χ4v) is 1.71. The number of hydrogen-bond donors (Lipinski definition) is 0. The van der Waals surface area contributed by atoms with E-state index in [1.165, 1.54) is 14.2 Å². The van der Waals surface area contributed by atoms with Crippen LogP contribution in [-0.4, -0.2) is 31.5 Å². The number of halogens is 1. The molecule has 1 rings (SSSR count). The van der Waals surface area contributed by atoms with Gasteiger partial charge in [0.2, 0.25) is 11.3 Å². The minimum Gasteiger partial charge on any atom is -0.442 e. The molecule has 0 saturated carbocycles. The second kappa shape index (κ2) is 6.62. The Bertz CT molecular complexity index is 324. The lowest BCUT2D eigenvalue weighted by Crippen LogP contribution is -2.29. The maximum absolute atomic E-state index is 11.6. The molecular formula is C11H13BrO4. The number of benzene rings is 1. The molecule has 1 unspecified atom stereocenters. The van der Waals surface area contributed by atoms with E-state index in [-0.39, 0.29) is 0 Å². The van der Waals surface area contributed by atoms with Gasteiger partial charge in [0.25, 0.3) is 0 Å². The van der Waals surface area contributed by atoms with Crippen LogP contribution in [0.2, 0.25) is 0 Å². The number of hydrogen-bond acceptors (Lipinski definition) is 4. The molecule has 0 spiro atoms. The van der Waals surface area contributed by atoms with Crippen LogP contribution >= 0.6 is 15.9 Å². The number of methoxy groups -OCH3 is 2. The first-order valence-electron chi connectivity index (χ1n) is 4.64. The first kappa shape index (κ1) is 13.2. The van der Waals surface area contributed by atoms with E-state index in [1.807, 2.05) is 6.07 Å². The monoisotopic (exact) mass is 288 g/mol. The van der Waals surface area contributed by atoms with Gasteiger partial charge in [-0.15, -0.1) is 0 Å². The van der Waals surface area contributed by atoms with Crippen molar-refractivity contribution in [1.29, 1.82) is 0 Å². The SMILES string of the molecule is COC(OC)C(Br)OC(=O)c1ccccc1. The molecule has 0 aliphatic carbocycles. The summed E-state index contributed by atoms with van der Waals surface area (Å²) >= 11 is 3.17. The van der Waals surface area contributed by atoms with Gasteiger partial charge in [-0.1, -0.05) is 18.2 Å². The lowest BCUT2D eigenvalue weighted by Gasteiger charge is -2.19. The first-order valence-corrected chi connectivity index (χ1v) is 5.56. The average Bonchev–Trinajstić information content (AvgIpc) is 2.31. The summed E-state index contributed by atoms with van der Waals surface area (Å²) in [4.78, 5) is 11.6. The highest BCUT2D eigenvalue weighted by Gasteiger charge is 2.22. The molecule has 0 radical (unpaired) electrons. The lowest BCUT2D eigenvalue weighted by atomic mass is 10.2. The Kier molecular flexibility index (Phi) is 5.45. The maximum atomic E-state index is 11.6. The number of ether oxygens (including phenoxy) is 3. The molecule has 0 saturated heterocycles. The Hall–Kier alpha value is -0.910. The van der Waals surface area contributed by atoms with E-state index in [0.717, 1.165) is 0 Å². The molecule has 0 fully saturated rings. The topological polar surface area (TPSA) is 44.8 Å². The highest BCUT2D eigenvalue weighted by molar-refractivity contribution is 9.09. The van der Waals surface area contributed by atoms with Gasteiger partial charge < -0.3 is 14.2 Å². The van der Waals surface area contributed by atoms with Gasteiger partial charge in [0.1, 0.15) is 0 Å². The van der Waals surface area contributed by atoms with Crippen LogP contribution in [0, 0.1) is 0 Å². The third-order valence-corrected chi connectivity index (χ3v) is 2.53. The van der Waals surface area contributed by atoms with Crippen LogP contribution in [0.1, 0.15) is 10.4 Å². The van der Waals surface area contributed by atoms with Crippen molar-refractivity contribution in [1.82, 2.24) is 0 Å². The molecule has 0 amide bonds. The van der Waals surface area contributed by atoms with Crippen molar-refractivity contribution >= 4 is 21.9 Å². The average molecular weight is 289 g/mol. The van der Waals surface area contributed by atoms with Gasteiger partial charge >= 0.3 is 5.97 Å². The summed E-state index contributed by atoms with van der Waals surface area (Å²) in [5, 5.41) is -0.643. The standard InChI is InChI=1S/C11H13BrO4/c1-14-11(15-2)9(12)16-10(13)8-6-4-3-5-7-8/h3-7,9,11H,1-2H3. The van der Waals surface area contributed by atoms with Crippen molar-refractivity contribution in [2.24, 2.45) is 0 Å². The van der Waals surface area contributed by atoms with Crippen molar-refractivity contribution in [3.63, 3.8) is 0 Å². The predicted molar refractivity (Wildman–Crippen MR) is 62.4 cm³/mol. The summed E-state index contributed by atoms with van der Waals surface area (Å²) in [6.45, 7) is 0. The largest absolute Gasteiger partial charge is 0.442 e. The van der Waals surface area contributed by atoms with Crippen molar-refractivity contribution in [3.05, 3.63) is 35.9 Å². The van der Waals surface area contributed by atoms with Crippen LogP contribution in [0.15, 0.2) is 30.3 Å². The molecule has 0 bridgehead atoms. The Labute approximate surface area is 103 Å². The Morgan fingerprint density at radius 2 is 1.75 bits per heavy atom. The predicted octanol–water partition coefficient (Wildman–Crippen LogP) is 2.18. The van der Waals surface area contributed by atoms with Gasteiger partial charge in [0.05, 0.1) is 5.56 Å². The van der Waals surface area contributed by atoms with Crippen molar-refractivity contribution in [3.8, 4) is 0 Å². The van der Waals surface area contributed by atoms with Gasteiger partial charge in [-0.05, 0) is 28.1 Å². The summed E-state index contributed by atoms with van der Waals surface area (Å²) in [5.74, 6) is -0.429. The number of esters is 1. The van der Waals surface area contributed by atoms with Gasteiger partial charge in [0, 0.05) is 14.2 Å². The smallest absolute Gasteiger partial charge is 0.339 e. The van der Waals surface area contributed by atoms with E-state index < -0.39 is 17.3 Å². The summed E-state index contributed by atoms with van der Waals surface area (Å²) in [5.41, 5.74) is 0.484. The van der Waals surface area contributed by atoms with Crippen LogP contribution in [0.5, 0.6) is 0 Å². The molecule has 0 aromatic heterocycles. The molecule has 0 aliphatic heterocycles. The lowest BCUT2D eigenvalue weighted by molar-refractivity contribution is -0.138. The molecule has 0 N–H and O–H groups in total. The number of alkyl halides is 1. The van der Waals surface area contributed by atoms with Gasteiger partial charge in [0.15, 0.2) is 0 Å². The quantitative estimate of drug-likeness (QED) is 0.473.